The van der Waals surface area contributed by atoms with Crippen LogP contribution in [0.1, 0.15) is 40.5 Å². The van der Waals surface area contributed by atoms with Crippen LogP contribution in [0.5, 0.6) is 0 Å². The quantitative estimate of drug-likeness (QED) is 0.859. The molecule has 5 nitrogen and oxygen atoms in total. The van der Waals surface area contributed by atoms with Gasteiger partial charge in [0.1, 0.15) is 11.4 Å². The Hall–Kier alpha value is -2.56. The van der Waals surface area contributed by atoms with Gasteiger partial charge in [0, 0.05) is 30.4 Å². The van der Waals surface area contributed by atoms with E-state index in [9.17, 15) is 4.79 Å². The zero-order valence-corrected chi connectivity index (χ0v) is 16.7. The van der Waals surface area contributed by atoms with Crippen LogP contribution in [0.2, 0.25) is 0 Å². The molecular weight excluding hydrogens is 338 g/mol. The number of nitrogens with one attached hydrogen (secondary N) is 1. The summed E-state index contributed by atoms with van der Waals surface area (Å²) < 4.78 is 5.40. The molecule has 3 rings (SSSR count). The van der Waals surface area contributed by atoms with Crippen molar-refractivity contribution < 1.29 is 9.53 Å². The molecule has 144 valence electrons. The maximum atomic E-state index is 12.1. The van der Waals surface area contributed by atoms with E-state index in [2.05, 4.69) is 46.4 Å². The molecule has 1 aromatic carbocycles. The average molecular weight is 367 g/mol. The van der Waals surface area contributed by atoms with Crippen LogP contribution < -0.4 is 10.2 Å². The lowest BCUT2D eigenvalue weighted by atomic mass is 9.90. The van der Waals surface area contributed by atoms with Gasteiger partial charge in [-0.05, 0) is 58.2 Å². The fraction of sp³-hybridized carbons (Fsp3) is 0.455. The number of carbonyl (C=O) groups is 1. The zero-order valence-electron chi connectivity index (χ0n) is 16.7. The summed E-state index contributed by atoms with van der Waals surface area (Å²) in [5, 5.41) is 3.05. The number of aromatic nitrogens is 1. The number of amides is 1. The molecule has 0 bridgehead atoms. The van der Waals surface area contributed by atoms with Gasteiger partial charge in [-0.15, -0.1) is 0 Å². The van der Waals surface area contributed by atoms with E-state index in [0.29, 0.717) is 0 Å². The molecule has 1 N–H and O–H groups in total. The van der Waals surface area contributed by atoms with Gasteiger partial charge in [-0.25, -0.2) is 9.78 Å². The molecule has 5 heteroatoms. The molecule has 0 unspecified atom stereocenters. The molecule has 1 aromatic heterocycles. The summed E-state index contributed by atoms with van der Waals surface area (Å²) in [4.78, 5) is 19.0. The molecule has 0 radical (unpaired) electrons. The number of alkyl carbamates (subject to hydrolysis) is 1. The van der Waals surface area contributed by atoms with Crippen LogP contribution in [0.3, 0.4) is 0 Å². The van der Waals surface area contributed by atoms with Crippen LogP contribution in [-0.2, 0) is 4.74 Å². The fourth-order valence-corrected chi connectivity index (χ4v) is 3.28. The smallest absolute Gasteiger partial charge is 0.408 e. The minimum absolute atomic E-state index is 0.247. The van der Waals surface area contributed by atoms with E-state index in [1.54, 1.807) is 0 Å². The molecule has 0 spiro atoms. The topological polar surface area (TPSA) is 54.5 Å². The Morgan fingerprint density at radius 1 is 1.07 bits per heavy atom. The highest BCUT2D eigenvalue weighted by atomic mass is 16.6. The van der Waals surface area contributed by atoms with Gasteiger partial charge in [0.15, 0.2) is 0 Å². The first-order valence-electron chi connectivity index (χ1n) is 9.52. The molecule has 1 fully saturated rings. The molecule has 0 aliphatic carbocycles. The molecule has 1 saturated heterocycles. The molecule has 27 heavy (non-hydrogen) atoms. The minimum Gasteiger partial charge on any atom is -0.444 e. The summed E-state index contributed by atoms with van der Waals surface area (Å²) in [6, 6.07) is 14.5. The third kappa shape index (κ3) is 5.22. The van der Waals surface area contributed by atoms with Crippen LogP contribution >= 0.6 is 0 Å². The molecule has 1 aliphatic rings. The van der Waals surface area contributed by atoms with E-state index < -0.39 is 5.60 Å². The highest BCUT2D eigenvalue weighted by Gasteiger charge is 2.33. The first-order chi connectivity index (χ1) is 12.7. The van der Waals surface area contributed by atoms with Crippen molar-refractivity contribution in [3.05, 3.63) is 48.7 Å². The van der Waals surface area contributed by atoms with Crippen molar-refractivity contribution in [2.24, 2.45) is 0 Å². The Labute approximate surface area is 161 Å². The fourth-order valence-electron chi connectivity index (χ4n) is 3.28. The van der Waals surface area contributed by atoms with Gasteiger partial charge in [-0.2, -0.15) is 0 Å². The SMILES string of the molecule is CC1(NC(=O)OC(C)(C)C)CCN(c2ccc(-c3ccccc3)cn2)CC1. The summed E-state index contributed by atoms with van der Waals surface area (Å²) in [6.45, 7) is 9.42. The van der Waals surface area contributed by atoms with Crippen molar-refractivity contribution in [3.8, 4) is 11.1 Å². The second-order valence-electron chi connectivity index (χ2n) is 8.45. The van der Waals surface area contributed by atoms with Crippen LogP contribution in [0.15, 0.2) is 48.7 Å². The van der Waals surface area contributed by atoms with Gasteiger partial charge in [-0.3, -0.25) is 0 Å². The highest BCUT2D eigenvalue weighted by molar-refractivity contribution is 5.69. The Balaban J connectivity index is 1.58. The second kappa shape index (κ2) is 7.59. The van der Waals surface area contributed by atoms with E-state index in [1.165, 1.54) is 5.56 Å². The predicted molar refractivity (Wildman–Crippen MR) is 109 cm³/mol. The van der Waals surface area contributed by atoms with Crippen molar-refractivity contribution in [2.45, 2.75) is 51.7 Å². The van der Waals surface area contributed by atoms with E-state index in [4.69, 9.17) is 4.74 Å². The summed E-state index contributed by atoms with van der Waals surface area (Å²) in [5.41, 5.74) is 1.56. The standard InChI is InChI=1S/C22H29N3O2/c1-21(2,3)27-20(26)24-22(4)12-14-25(15-13-22)19-11-10-18(16-23-19)17-8-6-5-7-9-17/h5-11,16H,12-15H2,1-4H3,(H,24,26). The summed E-state index contributed by atoms with van der Waals surface area (Å²) in [7, 11) is 0. The molecule has 0 atom stereocenters. The third-order valence-electron chi connectivity index (χ3n) is 4.85. The molecule has 2 aromatic rings. The predicted octanol–water partition coefficient (Wildman–Crippen LogP) is 4.63. The van der Waals surface area contributed by atoms with Gasteiger partial charge in [0.05, 0.1) is 0 Å². The number of hydrogen-bond donors (Lipinski definition) is 1. The van der Waals surface area contributed by atoms with Gasteiger partial charge in [-0.1, -0.05) is 30.3 Å². The number of ether oxygens (including phenoxy) is 1. The van der Waals surface area contributed by atoms with E-state index in [1.807, 2.05) is 45.2 Å². The summed E-state index contributed by atoms with van der Waals surface area (Å²) >= 11 is 0. The zero-order chi connectivity index (χ0) is 19.5. The number of pyridine rings is 1. The molecular formula is C22H29N3O2. The first-order valence-corrected chi connectivity index (χ1v) is 9.52. The highest BCUT2D eigenvalue weighted by Crippen LogP contribution is 2.27. The van der Waals surface area contributed by atoms with Gasteiger partial charge < -0.3 is 15.0 Å². The Kier molecular flexibility index (Phi) is 5.40. The number of benzene rings is 1. The van der Waals surface area contributed by atoms with E-state index in [0.717, 1.165) is 37.3 Å². The average Bonchev–Trinajstić information content (AvgIpc) is 2.61. The number of hydrogen-bond acceptors (Lipinski definition) is 4. The van der Waals surface area contributed by atoms with E-state index in [-0.39, 0.29) is 11.6 Å². The number of carbonyl (C=O) groups excluding carboxylic acids is 1. The largest absolute Gasteiger partial charge is 0.444 e. The number of rotatable bonds is 3. The first kappa shape index (κ1) is 19.2. The van der Waals surface area contributed by atoms with Gasteiger partial charge in [0.25, 0.3) is 0 Å². The molecule has 1 aliphatic heterocycles. The summed E-state index contributed by atoms with van der Waals surface area (Å²) in [6.07, 6.45) is 3.30. The van der Waals surface area contributed by atoms with Crippen LogP contribution in [0.4, 0.5) is 10.6 Å². The lowest BCUT2D eigenvalue weighted by Crippen LogP contribution is -2.54. The Bertz CT molecular complexity index is 758. The third-order valence-corrected chi connectivity index (χ3v) is 4.85. The Morgan fingerprint density at radius 3 is 2.30 bits per heavy atom. The Morgan fingerprint density at radius 2 is 1.74 bits per heavy atom. The van der Waals surface area contributed by atoms with Gasteiger partial charge >= 0.3 is 6.09 Å². The lowest BCUT2D eigenvalue weighted by molar-refractivity contribution is 0.0448. The number of nitrogens with zero attached hydrogens (tertiary/aromatic N) is 2. The molecule has 0 saturated carbocycles. The number of anilines is 1. The van der Waals surface area contributed by atoms with Crippen LogP contribution in [0.25, 0.3) is 11.1 Å². The maximum absolute atomic E-state index is 12.1. The maximum Gasteiger partial charge on any atom is 0.408 e. The van der Waals surface area contributed by atoms with Crippen LogP contribution in [0, 0.1) is 0 Å². The number of piperidine rings is 1. The normalized spacial score (nSPS) is 16.7. The van der Waals surface area contributed by atoms with Crippen molar-refractivity contribution in [1.29, 1.82) is 0 Å². The van der Waals surface area contributed by atoms with Crippen molar-refractivity contribution >= 4 is 11.9 Å². The van der Waals surface area contributed by atoms with E-state index >= 15 is 0 Å². The molecule has 1 amide bonds. The van der Waals surface area contributed by atoms with Crippen molar-refractivity contribution in [1.82, 2.24) is 10.3 Å². The van der Waals surface area contributed by atoms with Crippen molar-refractivity contribution in [3.63, 3.8) is 0 Å². The lowest BCUT2D eigenvalue weighted by Gasteiger charge is -2.40. The monoisotopic (exact) mass is 367 g/mol. The second-order valence-corrected chi connectivity index (χ2v) is 8.45. The van der Waals surface area contributed by atoms with Crippen LogP contribution in [-0.4, -0.2) is 35.3 Å². The van der Waals surface area contributed by atoms with Crippen molar-refractivity contribution in [2.75, 3.05) is 18.0 Å². The minimum atomic E-state index is -0.481. The van der Waals surface area contributed by atoms with Gasteiger partial charge in [0.2, 0.25) is 0 Å². The molecule has 2 heterocycles. The summed E-state index contributed by atoms with van der Waals surface area (Å²) in [5.74, 6) is 0.981.